The normalized spacial score (nSPS) is 15.2. The van der Waals surface area contributed by atoms with Gasteiger partial charge in [-0.3, -0.25) is 14.5 Å². The van der Waals surface area contributed by atoms with Gasteiger partial charge in [0.25, 0.3) is 5.91 Å². The number of carbonyl (C=O) groups excluding carboxylic acids is 2. The zero-order chi connectivity index (χ0) is 17.6. The van der Waals surface area contributed by atoms with Crippen LogP contribution in [0.1, 0.15) is 22.8 Å². The summed E-state index contributed by atoms with van der Waals surface area (Å²) < 4.78 is 0. The van der Waals surface area contributed by atoms with Gasteiger partial charge < -0.3 is 10.2 Å². The molecule has 25 heavy (non-hydrogen) atoms. The van der Waals surface area contributed by atoms with Crippen molar-refractivity contribution in [1.29, 1.82) is 0 Å². The Kier molecular flexibility index (Phi) is 5.83. The van der Waals surface area contributed by atoms with Crippen molar-refractivity contribution in [3.63, 3.8) is 0 Å². The van der Waals surface area contributed by atoms with Gasteiger partial charge in [0.2, 0.25) is 5.91 Å². The predicted octanol–water partition coefficient (Wildman–Crippen LogP) is 2.71. The average molecular weight is 357 g/mol. The maximum atomic E-state index is 12.3. The number of anilines is 1. The molecule has 0 saturated carbocycles. The highest BCUT2D eigenvalue weighted by atomic mass is 32.1. The number of hydrogen-bond donors (Lipinski definition) is 1. The van der Waals surface area contributed by atoms with E-state index >= 15 is 0 Å². The molecule has 0 aliphatic carbocycles. The lowest BCUT2D eigenvalue weighted by Gasteiger charge is -2.34. The molecule has 1 N–H and O–H groups in total. The van der Waals surface area contributed by atoms with Crippen molar-refractivity contribution in [2.75, 3.05) is 38.0 Å². The van der Waals surface area contributed by atoms with Crippen LogP contribution in [0.25, 0.3) is 0 Å². The van der Waals surface area contributed by atoms with Crippen LogP contribution >= 0.6 is 11.3 Å². The van der Waals surface area contributed by atoms with Gasteiger partial charge in [0.1, 0.15) is 0 Å². The second-order valence-corrected chi connectivity index (χ2v) is 6.92. The zero-order valence-corrected chi connectivity index (χ0v) is 15.2. The number of benzene rings is 1. The maximum Gasteiger partial charge on any atom is 0.254 e. The first kappa shape index (κ1) is 17.6. The summed E-state index contributed by atoms with van der Waals surface area (Å²) in [5.41, 5.74) is 2.79. The largest absolute Gasteiger partial charge is 0.336 e. The number of nitrogens with zero attached hydrogens (tertiary/aromatic N) is 2. The van der Waals surface area contributed by atoms with E-state index < -0.39 is 0 Å². The summed E-state index contributed by atoms with van der Waals surface area (Å²) in [7, 11) is 0. The highest BCUT2D eigenvalue weighted by molar-refractivity contribution is 7.08. The fraction of sp³-hybridized carbons (Fsp3) is 0.368. The van der Waals surface area contributed by atoms with Crippen LogP contribution in [0.5, 0.6) is 0 Å². The highest BCUT2D eigenvalue weighted by Crippen LogP contribution is 2.16. The number of carbonyl (C=O) groups is 2. The fourth-order valence-electron chi connectivity index (χ4n) is 3.02. The summed E-state index contributed by atoms with van der Waals surface area (Å²) in [4.78, 5) is 28.6. The summed E-state index contributed by atoms with van der Waals surface area (Å²) in [6, 6.07) is 9.75. The van der Waals surface area contributed by atoms with Crippen LogP contribution in [0.2, 0.25) is 0 Å². The Bertz CT molecular complexity index is 722. The van der Waals surface area contributed by atoms with E-state index in [4.69, 9.17) is 0 Å². The van der Waals surface area contributed by atoms with Gasteiger partial charge in [-0.15, -0.1) is 0 Å². The molecule has 0 atom stereocenters. The number of rotatable bonds is 5. The molecule has 0 unspecified atom stereocenters. The van der Waals surface area contributed by atoms with Gasteiger partial charge in [0.15, 0.2) is 0 Å². The topological polar surface area (TPSA) is 52.7 Å². The minimum absolute atomic E-state index is 0.00138. The molecule has 1 aromatic heterocycles. The van der Waals surface area contributed by atoms with Crippen LogP contribution in [0.3, 0.4) is 0 Å². The summed E-state index contributed by atoms with van der Waals surface area (Å²) in [6.45, 7) is 5.20. The van der Waals surface area contributed by atoms with Gasteiger partial charge in [-0.25, -0.2) is 0 Å². The van der Waals surface area contributed by atoms with Gasteiger partial charge in [0.05, 0.1) is 12.1 Å². The van der Waals surface area contributed by atoms with Crippen molar-refractivity contribution in [2.45, 2.75) is 13.3 Å². The van der Waals surface area contributed by atoms with Crippen molar-refractivity contribution in [3.05, 3.63) is 52.2 Å². The van der Waals surface area contributed by atoms with E-state index in [0.29, 0.717) is 19.6 Å². The minimum Gasteiger partial charge on any atom is -0.336 e. The third-order valence-electron chi connectivity index (χ3n) is 4.47. The first-order valence-electron chi connectivity index (χ1n) is 8.59. The van der Waals surface area contributed by atoms with Crippen molar-refractivity contribution >= 4 is 28.8 Å². The van der Waals surface area contributed by atoms with E-state index in [2.05, 4.69) is 17.1 Å². The number of para-hydroxylation sites is 1. The molecule has 1 saturated heterocycles. The monoisotopic (exact) mass is 357 g/mol. The fourth-order valence-corrected chi connectivity index (χ4v) is 3.65. The van der Waals surface area contributed by atoms with Gasteiger partial charge in [0, 0.05) is 37.2 Å². The molecule has 1 fully saturated rings. The van der Waals surface area contributed by atoms with Crippen LogP contribution in [0, 0.1) is 0 Å². The van der Waals surface area contributed by atoms with Crippen LogP contribution in [-0.4, -0.2) is 54.3 Å². The number of amides is 2. The third kappa shape index (κ3) is 4.46. The smallest absolute Gasteiger partial charge is 0.254 e. The second kappa shape index (κ2) is 8.27. The van der Waals surface area contributed by atoms with Crippen LogP contribution in [0.4, 0.5) is 5.69 Å². The molecule has 5 nitrogen and oxygen atoms in total. The SMILES string of the molecule is CCc1ccccc1NC(=O)CN1CCN(C(=O)c2ccsc2)CC1. The summed E-state index contributed by atoms with van der Waals surface area (Å²) in [5, 5.41) is 6.81. The van der Waals surface area contributed by atoms with E-state index in [1.165, 1.54) is 11.3 Å². The Balaban J connectivity index is 1.49. The van der Waals surface area contributed by atoms with Crippen LogP contribution in [-0.2, 0) is 11.2 Å². The minimum atomic E-state index is -0.00138. The van der Waals surface area contributed by atoms with E-state index in [-0.39, 0.29) is 11.8 Å². The summed E-state index contributed by atoms with van der Waals surface area (Å²) in [6.07, 6.45) is 0.889. The van der Waals surface area contributed by atoms with Crippen LogP contribution < -0.4 is 5.32 Å². The molecule has 1 aliphatic heterocycles. The molecule has 6 heteroatoms. The van der Waals surface area contributed by atoms with Gasteiger partial charge >= 0.3 is 0 Å². The summed E-state index contributed by atoms with van der Waals surface area (Å²) in [5.74, 6) is 0.0840. The molecule has 1 aromatic carbocycles. The van der Waals surface area contributed by atoms with Gasteiger partial charge in [-0.1, -0.05) is 25.1 Å². The van der Waals surface area contributed by atoms with E-state index in [9.17, 15) is 9.59 Å². The lowest BCUT2D eigenvalue weighted by atomic mass is 10.1. The molecule has 0 spiro atoms. The Morgan fingerprint density at radius 2 is 1.88 bits per heavy atom. The number of aryl methyl sites for hydroxylation is 1. The Morgan fingerprint density at radius 1 is 1.12 bits per heavy atom. The van der Waals surface area contributed by atoms with Gasteiger partial charge in [-0.05, 0) is 29.5 Å². The lowest BCUT2D eigenvalue weighted by molar-refractivity contribution is -0.117. The molecule has 2 aromatic rings. The van der Waals surface area contributed by atoms with E-state index in [1.54, 1.807) is 0 Å². The molecule has 2 heterocycles. The first-order chi connectivity index (χ1) is 12.2. The Labute approximate surface area is 152 Å². The maximum absolute atomic E-state index is 12.3. The number of hydrogen-bond acceptors (Lipinski definition) is 4. The molecular formula is C19H23N3O2S. The van der Waals surface area contributed by atoms with Crippen molar-refractivity contribution in [3.8, 4) is 0 Å². The predicted molar refractivity (Wildman–Crippen MR) is 101 cm³/mol. The standard InChI is InChI=1S/C19H23N3O2S/c1-2-15-5-3-4-6-17(15)20-18(23)13-21-8-10-22(11-9-21)19(24)16-7-12-25-14-16/h3-7,12,14H,2,8-11,13H2,1H3,(H,20,23). The molecule has 3 rings (SSSR count). The Morgan fingerprint density at radius 3 is 2.56 bits per heavy atom. The number of piperazine rings is 1. The van der Waals surface area contributed by atoms with Gasteiger partial charge in [-0.2, -0.15) is 11.3 Å². The lowest BCUT2D eigenvalue weighted by Crippen LogP contribution is -2.50. The molecule has 132 valence electrons. The van der Waals surface area contributed by atoms with Crippen molar-refractivity contribution in [2.24, 2.45) is 0 Å². The molecule has 1 aliphatic rings. The first-order valence-corrected chi connectivity index (χ1v) is 9.53. The second-order valence-electron chi connectivity index (χ2n) is 6.14. The quantitative estimate of drug-likeness (QED) is 0.895. The number of thiophene rings is 1. The average Bonchev–Trinajstić information content (AvgIpc) is 3.17. The molecule has 0 radical (unpaired) electrons. The highest BCUT2D eigenvalue weighted by Gasteiger charge is 2.23. The van der Waals surface area contributed by atoms with E-state index in [0.717, 1.165) is 36.3 Å². The van der Waals surface area contributed by atoms with Crippen molar-refractivity contribution in [1.82, 2.24) is 9.80 Å². The number of nitrogens with one attached hydrogen (secondary N) is 1. The zero-order valence-electron chi connectivity index (χ0n) is 14.4. The Hall–Kier alpha value is -2.18. The molecular weight excluding hydrogens is 334 g/mol. The van der Waals surface area contributed by atoms with Crippen LogP contribution in [0.15, 0.2) is 41.1 Å². The van der Waals surface area contributed by atoms with E-state index in [1.807, 2.05) is 46.0 Å². The van der Waals surface area contributed by atoms with Crippen molar-refractivity contribution < 1.29 is 9.59 Å². The third-order valence-corrected chi connectivity index (χ3v) is 5.15. The summed E-state index contributed by atoms with van der Waals surface area (Å²) >= 11 is 1.53. The molecule has 2 amide bonds. The molecule has 0 bridgehead atoms.